The molecule has 0 aromatic rings. The van der Waals surface area contributed by atoms with Crippen LogP contribution in [-0.2, 0) is 28.6 Å². The van der Waals surface area contributed by atoms with Crippen molar-refractivity contribution in [2.24, 2.45) is 0 Å². The fourth-order valence-corrected chi connectivity index (χ4v) is 9.13. The van der Waals surface area contributed by atoms with E-state index < -0.39 is 6.10 Å². The standard InChI is InChI=1S/C66H118O6/c1-4-7-10-13-16-19-22-25-27-29-30-31-32-33-34-35-36-38-39-41-44-47-50-53-56-59-65(68)71-62-63(61-70-64(67)58-55-52-49-46-43-24-21-18-15-12-9-6-3)72-66(69)60-57-54-51-48-45-42-40-37-28-26-23-20-17-14-11-8-5-2/h8,11,17,20,26,28,40,42,48,51,63H,4-7,9-10,12-16,18-19,21-25,27,29-39,41,43-47,49-50,52-62H2,1-3H3/b11-8-,20-17-,28-26-,42-40-,51-48-. The lowest BCUT2D eigenvalue weighted by molar-refractivity contribution is -0.167. The maximum Gasteiger partial charge on any atom is 0.306 e. The van der Waals surface area contributed by atoms with Crippen LogP contribution in [0.1, 0.15) is 323 Å². The number of unbranched alkanes of at least 4 members (excludes halogenated alkanes) is 36. The van der Waals surface area contributed by atoms with E-state index in [2.05, 4.69) is 81.5 Å². The maximum atomic E-state index is 12.8. The Labute approximate surface area is 447 Å². The first kappa shape index (κ1) is 69.1. The number of allylic oxidation sites excluding steroid dienone is 10. The van der Waals surface area contributed by atoms with Crippen LogP contribution in [0.5, 0.6) is 0 Å². The molecule has 0 fully saturated rings. The smallest absolute Gasteiger partial charge is 0.306 e. The monoisotopic (exact) mass is 1010 g/mol. The van der Waals surface area contributed by atoms with Crippen molar-refractivity contribution in [3.8, 4) is 0 Å². The molecule has 1 unspecified atom stereocenters. The summed E-state index contributed by atoms with van der Waals surface area (Å²) in [6.45, 7) is 6.52. The molecule has 418 valence electrons. The topological polar surface area (TPSA) is 78.9 Å². The van der Waals surface area contributed by atoms with Gasteiger partial charge in [0.1, 0.15) is 13.2 Å². The van der Waals surface area contributed by atoms with E-state index in [9.17, 15) is 14.4 Å². The van der Waals surface area contributed by atoms with E-state index >= 15 is 0 Å². The van der Waals surface area contributed by atoms with E-state index in [1.807, 2.05) is 0 Å². The number of hydrogen-bond donors (Lipinski definition) is 0. The summed E-state index contributed by atoms with van der Waals surface area (Å²) >= 11 is 0. The number of carbonyl (C=O) groups is 3. The molecule has 0 aromatic heterocycles. The van der Waals surface area contributed by atoms with Crippen LogP contribution in [0.25, 0.3) is 0 Å². The fourth-order valence-electron chi connectivity index (χ4n) is 9.13. The summed E-state index contributed by atoms with van der Waals surface area (Å²) in [5.41, 5.74) is 0. The molecule has 0 aliphatic carbocycles. The summed E-state index contributed by atoms with van der Waals surface area (Å²) in [6.07, 6.45) is 76.7. The summed E-state index contributed by atoms with van der Waals surface area (Å²) in [7, 11) is 0. The van der Waals surface area contributed by atoms with Crippen molar-refractivity contribution in [2.45, 2.75) is 329 Å². The number of carbonyl (C=O) groups excluding carboxylic acids is 3. The zero-order valence-corrected chi connectivity index (χ0v) is 47.9. The zero-order valence-electron chi connectivity index (χ0n) is 47.9. The molecule has 0 amide bonds. The lowest BCUT2D eigenvalue weighted by Gasteiger charge is -2.18. The van der Waals surface area contributed by atoms with Crippen molar-refractivity contribution in [3.05, 3.63) is 60.8 Å². The van der Waals surface area contributed by atoms with Crippen LogP contribution in [0.3, 0.4) is 0 Å². The van der Waals surface area contributed by atoms with Crippen molar-refractivity contribution in [1.82, 2.24) is 0 Å². The molecule has 1 atom stereocenters. The quantitative estimate of drug-likeness (QED) is 0.0261. The Bertz CT molecular complexity index is 1290. The fraction of sp³-hybridized carbons (Fsp3) is 0.803. The zero-order chi connectivity index (χ0) is 52.2. The highest BCUT2D eigenvalue weighted by molar-refractivity contribution is 5.71. The molecule has 0 spiro atoms. The molecular weight excluding hydrogens is 889 g/mol. The van der Waals surface area contributed by atoms with Gasteiger partial charge in [-0.25, -0.2) is 0 Å². The first-order chi connectivity index (χ1) is 35.5. The van der Waals surface area contributed by atoms with E-state index in [-0.39, 0.29) is 37.5 Å². The molecule has 0 aromatic carbocycles. The molecule has 0 N–H and O–H groups in total. The first-order valence-corrected chi connectivity index (χ1v) is 31.3. The maximum absolute atomic E-state index is 12.8. The third-order valence-corrected chi connectivity index (χ3v) is 13.8. The number of hydrogen-bond acceptors (Lipinski definition) is 6. The molecule has 72 heavy (non-hydrogen) atoms. The van der Waals surface area contributed by atoms with Crippen molar-refractivity contribution < 1.29 is 28.6 Å². The Balaban J connectivity index is 4.28. The molecule has 6 heteroatoms. The van der Waals surface area contributed by atoms with Crippen LogP contribution in [0.15, 0.2) is 60.8 Å². The second kappa shape index (κ2) is 60.7. The Hall–Kier alpha value is -2.89. The third-order valence-electron chi connectivity index (χ3n) is 13.8. The second-order valence-electron chi connectivity index (χ2n) is 21.0. The van der Waals surface area contributed by atoms with Gasteiger partial charge in [-0.1, -0.05) is 306 Å². The van der Waals surface area contributed by atoms with Gasteiger partial charge in [0.25, 0.3) is 0 Å². The van der Waals surface area contributed by atoms with Gasteiger partial charge in [-0.2, -0.15) is 0 Å². The van der Waals surface area contributed by atoms with Gasteiger partial charge in [-0.3, -0.25) is 14.4 Å². The van der Waals surface area contributed by atoms with Crippen LogP contribution in [0, 0.1) is 0 Å². The van der Waals surface area contributed by atoms with Gasteiger partial charge >= 0.3 is 17.9 Å². The van der Waals surface area contributed by atoms with Crippen LogP contribution >= 0.6 is 0 Å². The summed E-state index contributed by atoms with van der Waals surface area (Å²) in [5.74, 6) is -0.935. The minimum atomic E-state index is -0.801. The minimum absolute atomic E-state index is 0.0926. The van der Waals surface area contributed by atoms with E-state index in [0.29, 0.717) is 19.3 Å². The van der Waals surface area contributed by atoms with Gasteiger partial charge in [0.2, 0.25) is 0 Å². The van der Waals surface area contributed by atoms with Gasteiger partial charge in [0.15, 0.2) is 6.10 Å². The van der Waals surface area contributed by atoms with Gasteiger partial charge < -0.3 is 14.2 Å². The summed E-state index contributed by atoms with van der Waals surface area (Å²) in [5, 5.41) is 0. The van der Waals surface area contributed by atoms with Crippen LogP contribution in [0.2, 0.25) is 0 Å². The molecule has 0 aliphatic rings. The molecule has 0 rings (SSSR count). The lowest BCUT2D eigenvalue weighted by Crippen LogP contribution is -2.30. The lowest BCUT2D eigenvalue weighted by atomic mass is 10.0. The highest BCUT2D eigenvalue weighted by atomic mass is 16.6. The van der Waals surface area contributed by atoms with Crippen molar-refractivity contribution in [2.75, 3.05) is 13.2 Å². The minimum Gasteiger partial charge on any atom is -0.462 e. The molecule has 6 nitrogen and oxygen atoms in total. The highest BCUT2D eigenvalue weighted by Gasteiger charge is 2.19. The van der Waals surface area contributed by atoms with Gasteiger partial charge in [-0.05, 0) is 57.8 Å². The van der Waals surface area contributed by atoms with Crippen LogP contribution in [0.4, 0.5) is 0 Å². The highest BCUT2D eigenvalue weighted by Crippen LogP contribution is 2.17. The molecule has 0 aliphatic heterocycles. The molecule has 0 heterocycles. The molecule has 0 radical (unpaired) electrons. The normalized spacial score (nSPS) is 12.4. The predicted octanol–water partition coefficient (Wildman–Crippen LogP) is 21.2. The van der Waals surface area contributed by atoms with E-state index in [1.165, 1.54) is 199 Å². The molecule has 0 bridgehead atoms. The average molecular weight is 1010 g/mol. The van der Waals surface area contributed by atoms with Crippen molar-refractivity contribution in [3.63, 3.8) is 0 Å². The first-order valence-electron chi connectivity index (χ1n) is 31.3. The van der Waals surface area contributed by atoms with E-state index in [1.54, 1.807) is 0 Å². The Morgan fingerprint density at radius 2 is 0.542 bits per heavy atom. The van der Waals surface area contributed by atoms with Crippen molar-refractivity contribution in [1.29, 1.82) is 0 Å². The summed E-state index contributed by atoms with van der Waals surface area (Å²) in [4.78, 5) is 38.2. The SMILES string of the molecule is CC/C=C\C/C=C\C/C=C\C/C=C\C/C=C\CCCC(=O)OC(COC(=O)CCCCCCCCCCCCCC)COC(=O)CCCCCCCCCCCCCCCCCCCCCCCCCCC. The Morgan fingerprint density at radius 3 is 0.833 bits per heavy atom. The average Bonchev–Trinajstić information content (AvgIpc) is 3.38. The van der Waals surface area contributed by atoms with Crippen molar-refractivity contribution >= 4 is 17.9 Å². The van der Waals surface area contributed by atoms with Crippen LogP contribution < -0.4 is 0 Å². The summed E-state index contributed by atoms with van der Waals surface area (Å²) < 4.78 is 16.8. The number of rotatable bonds is 57. The Morgan fingerprint density at radius 1 is 0.292 bits per heavy atom. The van der Waals surface area contributed by atoms with E-state index in [4.69, 9.17) is 14.2 Å². The van der Waals surface area contributed by atoms with E-state index in [0.717, 1.165) is 77.0 Å². The Kier molecular flexibility index (Phi) is 58.2. The molecule has 0 saturated carbocycles. The van der Waals surface area contributed by atoms with Gasteiger partial charge in [0, 0.05) is 19.3 Å². The molecular formula is C66H118O6. The number of ether oxygens (including phenoxy) is 3. The third kappa shape index (κ3) is 58.0. The summed E-state index contributed by atoms with van der Waals surface area (Å²) in [6, 6.07) is 0. The number of esters is 3. The second-order valence-corrected chi connectivity index (χ2v) is 21.0. The van der Waals surface area contributed by atoms with Gasteiger partial charge in [0.05, 0.1) is 0 Å². The molecule has 0 saturated heterocycles. The van der Waals surface area contributed by atoms with Crippen LogP contribution in [-0.4, -0.2) is 37.2 Å². The largest absolute Gasteiger partial charge is 0.462 e. The predicted molar refractivity (Wildman–Crippen MR) is 312 cm³/mol. The van der Waals surface area contributed by atoms with Gasteiger partial charge in [-0.15, -0.1) is 0 Å².